The van der Waals surface area contributed by atoms with Crippen molar-refractivity contribution in [2.75, 3.05) is 0 Å². The summed E-state index contributed by atoms with van der Waals surface area (Å²) in [5, 5.41) is 5.22. The third-order valence-electron chi connectivity index (χ3n) is 12.1. The van der Waals surface area contributed by atoms with Crippen molar-refractivity contribution < 1.29 is 0 Å². The van der Waals surface area contributed by atoms with E-state index in [0.29, 0.717) is 0 Å². The van der Waals surface area contributed by atoms with Gasteiger partial charge in [0.1, 0.15) is 0 Å². The van der Waals surface area contributed by atoms with Crippen LogP contribution in [0.25, 0.3) is 77.2 Å². The van der Waals surface area contributed by atoms with Crippen LogP contribution >= 0.6 is 0 Å². The fourth-order valence-electron chi connectivity index (χ4n) is 9.56. The van der Waals surface area contributed by atoms with Crippen LogP contribution in [0.15, 0.2) is 152 Å². The minimum Gasteiger partial charge on any atom is -0.0622 e. The van der Waals surface area contributed by atoms with Crippen molar-refractivity contribution in [3.63, 3.8) is 0 Å². The Balaban J connectivity index is 1.22. The van der Waals surface area contributed by atoms with Crippen LogP contribution in [-0.4, -0.2) is 0 Å². The molecule has 0 aliphatic heterocycles. The van der Waals surface area contributed by atoms with E-state index in [4.69, 9.17) is 0 Å². The molecule has 0 heterocycles. The normalized spacial score (nSPS) is 14.7. The smallest absolute Gasteiger partial charge is 0.0159 e. The van der Waals surface area contributed by atoms with Crippen LogP contribution in [0.5, 0.6) is 0 Å². The van der Waals surface area contributed by atoms with Crippen molar-refractivity contribution >= 4 is 21.5 Å². The second kappa shape index (κ2) is 10.6. The maximum absolute atomic E-state index is 2.50. The van der Waals surface area contributed by atoms with Crippen molar-refractivity contribution in [2.24, 2.45) is 0 Å². The molecule has 10 rings (SSSR count). The van der Waals surface area contributed by atoms with Gasteiger partial charge in [0, 0.05) is 10.8 Å². The van der Waals surface area contributed by atoms with E-state index in [2.05, 4.69) is 186 Å². The van der Waals surface area contributed by atoms with Crippen LogP contribution in [0.1, 0.15) is 55.5 Å². The van der Waals surface area contributed by atoms with E-state index in [1.807, 2.05) is 0 Å². The number of aryl methyl sites for hydroxylation is 1. The fraction of sp³-hybridized carbons (Fsp3) is 0.137. The van der Waals surface area contributed by atoms with Gasteiger partial charge in [-0.15, -0.1) is 0 Å². The Hall–Kier alpha value is -5.72. The lowest BCUT2D eigenvalue weighted by molar-refractivity contribution is 0.660. The molecular weight excluding hydrogens is 613 g/mol. The van der Waals surface area contributed by atoms with E-state index in [1.165, 1.54) is 105 Å². The Morgan fingerprint density at radius 3 is 1.65 bits per heavy atom. The van der Waals surface area contributed by atoms with Gasteiger partial charge in [-0.1, -0.05) is 173 Å². The maximum Gasteiger partial charge on any atom is 0.0159 e. The number of hydrogen-bond acceptors (Lipinski definition) is 0. The van der Waals surface area contributed by atoms with Gasteiger partial charge in [-0.3, -0.25) is 0 Å². The standard InChI is InChI=1S/C51H40/c1-31-22-25-39-42(28-31)48(41-19-13-21-44-49(41)40-18-11-12-20-43(40)50(44,2)3)38-17-10-9-16-37(38)47(39)34-24-27-36-35-26-23-33(32-14-7-6-8-15-32)29-45(35)51(4,5)46(36)30-34/h6-30H,1-5H3. The molecule has 0 atom stereocenters. The molecule has 0 saturated carbocycles. The maximum atomic E-state index is 2.50. The van der Waals surface area contributed by atoms with Crippen LogP contribution in [0.4, 0.5) is 0 Å². The van der Waals surface area contributed by atoms with E-state index in [0.717, 1.165) is 0 Å². The van der Waals surface area contributed by atoms with E-state index >= 15 is 0 Å². The molecule has 51 heavy (non-hydrogen) atoms. The first-order valence-corrected chi connectivity index (χ1v) is 18.3. The van der Waals surface area contributed by atoms with Gasteiger partial charge in [-0.25, -0.2) is 0 Å². The molecule has 0 radical (unpaired) electrons. The Morgan fingerprint density at radius 1 is 0.314 bits per heavy atom. The second-order valence-electron chi connectivity index (χ2n) is 15.8. The lowest BCUT2D eigenvalue weighted by Gasteiger charge is -2.24. The highest BCUT2D eigenvalue weighted by molar-refractivity contribution is 6.23. The predicted molar refractivity (Wildman–Crippen MR) is 218 cm³/mol. The monoisotopic (exact) mass is 652 g/mol. The number of fused-ring (bicyclic) bond motifs is 8. The molecule has 0 saturated heterocycles. The van der Waals surface area contributed by atoms with Crippen LogP contribution in [0.2, 0.25) is 0 Å². The molecule has 0 N–H and O–H groups in total. The summed E-state index contributed by atoms with van der Waals surface area (Å²) in [7, 11) is 0. The van der Waals surface area contributed by atoms with Gasteiger partial charge in [0.05, 0.1) is 0 Å². The summed E-state index contributed by atoms with van der Waals surface area (Å²) in [6.07, 6.45) is 0. The van der Waals surface area contributed by atoms with Gasteiger partial charge in [-0.05, 0) is 118 Å². The molecule has 0 amide bonds. The fourth-order valence-corrected chi connectivity index (χ4v) is 9.56. The number of benzene rings is 8. The van der Waals surface area contributed by atoms with Gasteiger partial charge in [-0.2, -0.15) is 0 Å². The Labute approximate surface area is 301 Å². The van der Waals surface area contributed by atoms with Crippen LogP contribution in [0, 0.1) is 6.92 Å². The van der Waals surface area contributed by atoms with E-state index < -0.39 is 0 Å². The van der Waals surface area contributed by atoms with Crippen LogP contribution in [-0.2, 0) is 10.8 Å². The largest absolute Gasteiger partial charge is 0.0622 e. The van der Waals surface area contributed by atoms with Crippen molar-refractivity contribution in [1.29, 1.82) is 0 Å². The minimum atomic E-state index is -0.127. The molecule has 0 unspecified atom stereocenters. The molecule has 244 valence electrons. The molecule has 0 bridgehead atoms. The molecule has 2 aliphatic carbocycles. The highest BCUT2D eigenvalue weighted by atomic mass is 14.4. The zero-order valence-electron chi connectivity index (χ0n) is 29.9. The molecule has 0 heteroatoms. The highest BCUT2D eigenvalue weighted by Gasteiger charge is 2.38. The number of rotatable bonds is 3. The van der Waals surface area contributed by atoms with Crippen molar-refractivity contribution in [2.45, 2.75) is 45.4 Å². The first-order chi connectivity index (χ1) is 24.7. The summed E-state index contributed by atoms with van der Waals surface area (Å²) in [6, 6.07) is 57.2. The molecule has 8 aromatic carbocycles. The molecule has 0 aromatic heterocycles. The van der Waals surface area contributed by atoms with E-state index in [1.54, 1.807) is 0 Å². The van der Waals surface area contributed by atoms with Gasteiger partial charge >= 0.3 is 0 Å². The van der Waals surface area contributed by atoms with Crippen LogP contribution < -0.4 is 0 Å². The average molecular weight is 653 g/mol. The highest BCUT2D eigenvalue weighted by Crippen LogP contribution is 2.55. The van der Waals surface area contributed by atoms with Crippen LogP contribution in [0.3, 0.4) is 0 Å². The lowest BCUT2D eigenvalue weighted by Crippen LogP contribution is -2.15. The topological polar surface area (TPSA) is 0 Å². The Kier molecular flexibility index (Phi) is 6.29. The summed E-state index contributed by atoms with van der Waals surface area (Å²) in [5.74, 6) is 0. The van der Waals surface area contributed by atoms with Gasteiger partial charge in [0.25, 0.3) is 0 Å². The Bertz CT molecular complexity index is 2740. The minimum absolute atomic E-state index is 0.0555. The molecule has 0 spiro atoms. The van der Waals surface area contributed by atoms with Crippen molar-refractivity contribution in [1.82, 2.24) is 0 Å². The van der Waals surface area contributed by atoms with E-state index in [-0.39, 0.29) is 10.8 Å². The molecular formula is C51H40. The predicted octanol–water partition coefficient (Wildman–Crippen LogP) is 13.9. The zero-order valence-corrected chi connectivity index (χ0v) is 29.9. The summed E-state index contributed by atoms with van der Waals surface area (Å²) in [6.45, 7) is 11.8. The van der Waals surface area contributed by atoms with Gasteiger partial charge in [0.2, 0.25) is 0 Å². The third kappa shape index (κ3) is 4.20. The Morgan fingerprint density at radius 2 is 0.882 bits per heavy atom. The zero-order chi connectivity index (χ0) is 34.6. The number of hydrogen-bond donors (Lipinski definition) is 0. The molecule has 2 aliphatic rings. The van der Waals surface area contributed by atoms with Gasteiger partial charge < -0.3 is 0 Å². The summed E-state index contributed by atoms with van der Waals surface area (Å²) in [4.78, 5) is 0. The second-order valence-corrected chi connectivity index (χ2v) is 15.8. The molecule has 0 fully saturated rings. The summed E-state index contributed by atoms with van der Waals surface area (Å²) < 4.78 is 0. The average Bonchev–Trinajstić information content (AvgIpc) is 3.53. The van der Waals surface area contributed by atoms with Crippen molar-refractivity contribution in [3.8, 4) is 55.6 Å². The summed E-state index contributed by atoms with van der Waals surface area (Å²) >= 11 is 0. The van der Waals surface area contributed by atoms with Crippen molar-refractivity contribution in [3.05, 3.63) is 179 Å². The first kappa shape index (κ1) is 30.1. The molecule has 8 aromatic rings. The SMILES string of the molecule is Cc1ccc2c(-c3ccc4c(c3)C(C)(C)c3cc(-c5ccccc5)ccc3-4)c3ccccc3c(-c3cccc4c3-c3ccccc3C4(C)C)c2c1. The van der Waals surface area contributed by atoms with Gasteiger partial charge in [0.15, 0.2) is 0 Å². The summed E-state index contributed by atoms with van der Waals surface area (Å²) in [5.41, 5.74) is 19.9. The third-order valence-corrected chi connectivity index (χ3v) is 12.1. The first-order valence-electron chi connectivity index (χ1n) is 18.3. The molecule has 0 nitrogen and oxygen atoms in total. The quantitative estimate of drug-likeness (QED) is 0.167. The van der Waals surface area contributed by atoms with E-state index in [9.17, 15) is 0 Å². The lowest BCUT2D eigenvalue weighted by atomic mass is 9.79.